The molecule has 2 aromatic heterocycles. The van der Waals surface area contributed by atoms with Crippen LogP contribution in [0.4, 0.5) is 5.95 Å². The highest BCUT2D eigenvalue weighted by Gasteiger charge is 2.18. The van der Waals surface area contributed by atoms with Gasteiger partial charge in [-0.25, -0.2) is 9.97 Å². The van der Waals surface area contributed by atoms with E-state index in [1.165, 1.54) is 20.2 Å². The zero-order valence-electron chi connectivity index (χ0n) is 9.90. The molecule has 0 bridgehead atoms. The fraction of sp³-hybridized carbons (Fsp3) is 0.400. The molecule has 0 radical (unpaired) electrons. The molecule has 2 rings (SSSR count). The average Bonchev–Trinajstić information content (AvgIpc) is 2.36. The Bertz CT molecular complexity index is 575. The van der Waals surface area contributed by atoms with E-state index in [4.69, 9.17) is 10.5 Å². The Morgan fingerprint density at radius 3 is 2.61 bits per heavy atom. The normalized spacial score (nSPS) is 14.4. The van der Waals surface area contributed by atoms with Crippen LogP contribution in [0.3, 0.4) is 0 Å². The smallest absolute Gasteiger partial charge is 0.246 e. The van der Waals surface area contributed by atoms with Crippen LogP contribution in [0.1, 0.15) is 18.7 Å². The van der Waals surface area contributed by atoms with Crippen molar-refractivity contribution in [1.82, 2.24) is 19.9 Å². The van der Waals surface area contributed by atoms with E-state index in [-0.39, 0.29) is 28.7 Å². The van der Waals surface area contributed by atoms with Gasteiger partial charge in [-0.3, -0.25) is 0 Å². The van der Waals surface area contributed by atoms with Gasteiger partial charge < -0.3 is 20.7 Å². The quantitative estimate of drug-likeness (QED) is 0.661. The molecule has 8 nitrogen and oxygen atoms in total. The first-order valence-electron chi connectivity index (χ1n) is 5.23. The third kappa shape index (κ3) is 2.15. The summed E-state index contributed by atoms with van der Waals surface area (Å²) in [6, 6.07) is 0. The molecule has 0 aliphatic heterocycles. The largest absolute Gasteiger partial charge is 0.479 e. The lowest BCUT2D eigenvalue weighted by Crippen LogP contribution is -2.16. The summed E-state index contributed by atoms with van der Waals surface area (Å²) in [4.78, 5) is 15.9. The van der Waals surface area contributed by atoms with Crippen molar-refractivity contribution in [3.63, 3.8) is 0 Å². The maximum absolute atomic E-state index is 9.72. The number of ether oxygens (including phenoxy) is 1. The monoisotopic (exact) mass is 251 g/mol. The van der Waals surface area contributed by atoms with E-state index in [9.17, 15) is 10.2 Å². The van der Waals surface area contributed by atoms with Crippen molar-refractivity contribution in [2.24, 2.45) is 0 Å². The van der Waals surface area contributed by atoms with Crippen molar-refractivity contribution in [2.75, 3.05) is 12.8 Å². The number of hydrogen-bond donors (Lipinski definition) is 3. The Kier molecular flexibility index (Phi) is 3.21. The minimum absolute atomic E-state index is 0.0254. The molecule has 0 saturated heterocycles. The van der Waals surface area contributed by atoms with Gasteiger partial charge in [0, 0.05) is 0 Å². The molecule has 0 unspecified atom stereocenters. The topological polar surface area (TPSA) is 127 Å². The molecular weight excluding hydrogens is 238 g/mol. The van der Waals surface area contributed by atoms with Gasteiger partial charge in [0.2, 0.25) is 11.8 Å². The number of anilines is 1. The van der Waals surface area contributed by atoms with Gasteiger partial charge in [0.05, 0.1) is 25.1 Å². The Morgan fingerprint density at radius 2 is 2.00 bits per heavy atom. The predicted molar refractivity (Wildman–Crippen MR) is 62.7 cm³/mol. The second-order valence-electron chi connectivity index (χ2n) is 3.74. The van der Waals surface area contributed by atoms with Gasteiger partial charge >= 0.3 is 0 Å². The Balaban J connectivity index is 2.60. The number of hydrogen-bond acceptors (Lipinski definition) is 8. The third-order valence-corrected chi connectivity index (χ3v) is 2.36. The predicted octanol–water partition coefficient (Wildman–Crippen LogP) is -0.575. The zero-order chi connectivity index (χ0) is 13.3. The van der Waals surface area contributed by atoms with E-state index >= 15 is 0 Å². The minimum Gasteiger partial charge on any atom is -0.479 e. The summed E-state index contributed by atoms with van der Waals surface area (Å²) in [7, 11) is 1.42. The lowest BCUT2D eigenvalue weighted by molar-refractivity contribution is 0.0278. The zero-order valence-corrected chi connectivity index (χ0v) is 9.90. The van der Waals surface area contributed by atoms with Gasteiger partial charge in [-0.1, -0.05) is 0 Å². The third-order valence-electron chi connectivity index (χ3n) is 2.36. The number of rotatable bonds is 3. The molecule has 0 amide bonds. The number of fused-ring (bicyclic) bond motifs is 1. The van der Waals surface area contributed by atoms with Crippen molar-refractivity contribution < 1.29 is 14.9 Å². The molecule has 2 heterocycles. The van der Waals surface area contributed by atoms with Crippen LogP contribution in [0.25, 0.3) is 11.2 Å². The Hall–Kier alpha value is -2.06. The average molecular weight is 251 g/mol. The Morgan fingerprint density at radius 1 is 1.28 bits per heavy atom. The molecule has 0 fully saturated rings. The highest BCUT2D eigenvalue weighted by Crippen LogP contribution is 2.22. The van der Waals surface area contributed by atoms with Crippen LogP contribution in [0.5, 0.6) is 5.88 Å². The summed E-state index contributed by atoms with van der Waals surface area (Å²) in [5.41, 5.74) is 6.25. The number of aromatic nitrogens is 4. The molecule has 0 aromatic carbocycles. The molecule has 96 valence electrons. The Labute approximate surface area is 102 Å². The van der Waals surface area contributed by atoms with Gasteiger partial charge in [0.1, 0.15) is 6.10 Å². The summed E-state index contributed by atoms with van der Waals surface area (Å²) >= 11 is 0. The maximum Gasteiger partial charge on any atom is 0.246 e. The first kappa shape index (κ1) is 12.4. The van der Waals surface area contributed by atoms with Crippen LogP contribution in [0.15, 0.2) is 6.20 Å². The van der Waals surface area contributed by atoms with E-state index in [0.717, 1.165) is 0 Å². The molecule has 2 atom stereocenters. The van der Waals surface area contributed by atoms with E-state index in [1.54, 1.807) is 0 Å². The summed E-state index contributed by atoms with van der Waals surface area (Å²) < 4.78 is 5.03. The van der Waals surface area contributed by atoms with Crippen LogP contribution in [-0.2, 0) is 0 Å². The molecule has 2 aromatic rings. The number of nitrogens with two attached hydrogens (primary N) is 1. The standard InChI is InChI=1S/C10H13N5O3/c1-4(16)7(17)5-3-12-8-6(13-5)9(18-2)15-10(11)14-8/h3-4,7,16-17H,1-2H3,(H2,11,12,14,15)/t4-,7+/m1/s1. The number of nitrogens with zero attached hydrogens (tertiary/aromatic N) is 4. The number of aliphatic hydroxyl groups excluding tert-OH is 2. The molecule has 0 spiro atoms. The fourth-order valence-corrected chi connectivity index (χ4v) is 1.44. The highest BCUT2D eigenvalue weighted by atomic mass is 16.5. The fourth-order valence-electron chi connectivity index (χ4n) is 1.44. The van der Waals surface area contributed by atoms with Gasteiger partial charge in [-0.2, -0.15) is 9.97 Å². The molecule has 4 N–H and O–H groups in total. The molecular formula is C10H13N5O3. The summed E-state index contributed by atoms with van der Waals surface area (Å²) in [6.07, 6.45) is -0.771. The minimum atomic E-state index is -1.14. The highest BCUT2D eigenvalue weighted by molar-refractivity contribution is 5.76. The van der Waals surface area contributed by atoms with Gasteiger partial charge in [-0.15, -0.1) is 0 Å². The lowest BCUT2D eigenvalue weighted by Gasteiger charge is -2.13. The lowest BCUT2D eigenvalue weighted by atomic mass is 10.2. The van der Waals surface area contributed by atoms with Crippen molar-refractivity contribution in [2.45, 2.75) is 19.1 Å². The van der Waals surface area contributed by atoms with Crippen LogP contribution in [0, 0.1) is 0 Å². The van der Waals surface area contributed by atoms with Crippen LogP contribution < -0.4 is 10.5 Å². The SMILES string of the molecule is COc1nc(N)nc2ncc([C@@H](O)[C@@H](C)O)nc12. The second-order valence-corrected chi connectivity index (χ2v) is 3.74. The summed E-state index contributed by atoms with van der Waals surface area (Å²) in [6.45, 7) is 1.45. The van der Waals surface area contributed by atoms with Crippen molar-refractivity contribution in [3.8, 4) is 5.88 Å². The van der Waals surface area contributed by atoms with E-state index in [1.807, 2.05) is 0 Å². The van der Waals surface area contributed by atoms with Gasteiger partial charge in [0.25, 0.3) is 0 Å². The van der Waals surface area contributed by atoms with Crippen LogP contribution >= 0.6 is 0 Å². The summed E-state index contributed by atoms with van der Waals surface area (Å²) in [5.74, 6) is 0.196. The second kappa shape index (κ2) is 4.67. The van der Waals surface area contributed by atoms with E-state index in [0.29, 0.717) is 0 Å². The maximum atomic E-state index is 9.72. The molecule has 18 heavy (non-hydrogen) atoms. The van der Waals surface area contributed by atoms with Gasteiger partial charge in [0.15, 0.2) is 11.2 Å². The van der Waals surface area contributed by atoms with Crippen molar-refractivity contribution >= 4 is 17.1 Å². The molecule has 0 aliphatic rings. The van der Waals surface area contributed by atoms with E-state index < -0.39 is 12.2 Å². The molecule has 8 heteroatoms. The first-order valence-corrected chi connectivity index (χ1v) is 5.23. The number of aliphatic hydroxyl groups is 2. The summed E-state index contributed by atoms with van der Waals surface area (Å²) in [5, 5.41) is 19.0. The van der Waals surface area contributed by atoms with Gasteiger partial charge in [-0.05, 0) is 6.92 Å². The first-order chi connectivity index (χ1) is 8.52. The van der Waals surface area contributed by atoms with E-state index in [2.05, 4.69) is 19.9 Å². The van der Waals surface area contributed by atoms with Crippen LogP contribution in [-0.4, -0.2) is 43.4 Å². The molecule has 0 aliphatic carbocycles. The molecule has 0 saturated carbocycles. The van der Waals surface area contributed by atoms with Crippen LogP contribution in [0.2, 0.25) is 0 Å². The number of nitrogen functional groups attached to an aromatic ring is 1. The van der Waals surface area contributed by atoms with Crippen molar-refractivity contribution in [3.05, 3.63) is 11.9 Å². The number of methoxy groups -OCH3 is 1. The van der Waals surface area contributed by atoms with Crippen molar-refractivity contribution in [1.29, 1.82) is 0 Å².